The number of carbonyl (C=O) groups is 2. The van der Waals surface area contributed by atoms with Crippen molar-refractivity contribution < 1.29 is 14.3 Å². The van der Waals surface area contributed by atoms with E-state index in [4.69, 9.17) is 10.5 Å². The molecule has 0 bridgehead atoms. The zero-order valence-corrected chi connectivity index (χ0v) is 19.5. The largest absolute Gasteiger partial charge is 0.401 e. The molecule has 0 saturated carbocycles. The number of hydrogen-bond acceptors (Lipinski definition) is 5. The molecule has 0 aliphatic carbocycles. The molecule has 1 heterocycles. The van der Waals surface area contributed by atoms with Gasteiger partial charge >= 0.3 is 0 Å². The molecule has 0 spiro atoms. The minimum Gasteiger partial charge on any atom is -0.401 e. The van der Waals surface area contributed by atoms with Crippen LogP contribution in [-0.4, -0.2) is 41.4 Å². The number of H-pyrrole nitrogens is 1. The normalized spacial score (nSPS) is 13.0. The third-order valence-corrected chi connectivity index (χ3v) is 5.29. The highest BCUT2D eigenvalue weighted by atomic mass is 16.5. The number of allylic oxidation sites excluding steroid dienone is 3. The topological polar surface area (TPSA) is 110 Å². The zero-order chi connectivity index (χ0) is 24.5. The molecule has 0 radical (unpaired) electrons. The van der Waals surface area contributed by atoms with Gasteiger partial charge in [0.2, 0.25) is 5.78 Å². The van der Waals surface area contributed by atoms with E-state index in [0.29, 0.717) is 42.1 Å². The molecule has 0 aliphatic rings. The lowest BCUT2D eigenvalue weighted by atomic mass is 10.0. The minimum atomic E-state index is -0.257. The number of carbonyl (C=O) groups excluding carboxylic acids is 2. The van der Waals surface area contributed by atoms with E-state index < -0.39 is 0 Å². The number of amides is 1. The molecular formula is C27H30N4O3. The molecule has 3 rings (SSSR count). The SMILES string of the molecule is C=C/C=C\C(C(=O)N[C@@H](C)COC)=C(/N)CCc1ccc(C(=O)c2nc3ccccc3[nH]2)cc1. The number of fused-ring (bicyclic) bond motifs is 1. The molecule has 7 nitrogen and oxygen atoms in total. The van der Waals surface area contributed by atoms with Crippen LogP contribution in [0, 0.1) is 0 Å². The van der Waals surface area contributed by atoms with Crippen molar-refractivity contribution in [1.29, 1.82) is 0 Å². The Labute approximate surface area is 199 Å². The molecule has 176 valence electrons. The number of rotatable bonds is 11. The molecular weight excluding hydrogens is 428 g/mol. The number of aryl methyl sites for hydroxylation is 1. The molecule has 0 unspecified atom stereocenters. The number of imidazole rings is 1. The van der Waals surface area contributed by atoms with Crippen molar-refractivity contribution in [3.05, 3.63) is 102 Å². The van der Waals surface area contributed by atoms with Crippen molar-refractivity contribution in [2.45, 2.75) is 25.8 Å². The van der Waals surface area contributed by atoms with E-state index >= 15 is 0 Å². The standard InChI is InChI=1S/C27H30N4O3/c1-4-5-8-21(27(33)29-18(2)17-34-3)22(28)16-13-19-11-14-20(15-12-19)25(32)26-30-23-9-6-7-10-24(23)31-26/h4-12,14-15,18H,1,13,16-17,28H2,2-3H3,(H,29,33)(H,30,31)/b8-5-,22-21+/t18-/m0/s1. The molecule has 2 aromatic carbocycles. The van der Waals surface area contributed by atoms with Crippen LogP contribution in [0.25, 0.3) is 11.0 Å². The first-order valence-corrected chi connectivity index (χ1v) is 11.1. The second kappa shape index (κ2) is 11.8. The van der Waals surface area contributed by atoms with E-state index in [1.54, 1.807) is 37.5 Å². The van der Waals surface area contributed by atoms with Crippen molar-refractivity contribution in [3.63, 3.8) is 0 Å². The third kappa shape index (κ3) is 6.30. The van der Waals surface area contributed by atoms with Crippen LogP contribution in [0.5, 0.6) is 0 Å². The summed E-state index contributed by atoms with van der Waals surface area (Å²) in [5.74, 6) is -0.110. The minimum absolute atomic E-state index is 0.144. The van der Waals surface area contributed by atoms with Crippen molar-refractivity contribution in [2.24, 2.45) is 5.73 Å². The quantitative estimate of drug-likeness (QED) is 0.230. The van der Waals surface area contributed by atoms with E-state index in [1.807, 2.05) is 43.3 Å². The number of aromatic nitrogens is 2. The van der Waals surface area contributed by atoms with Crippen LogP contribution in [0.1, 0.15) is 35.1 Å². The van der Waals surface area contributed by atoms with Gasteiger partial charge in [-0.2, -0.15) is 0 Å². The molecule has 0 saturated heterocycles. The second-order valence-electron chi connectivity index (χ2n) is 7.99. The molecule has 34 heavy (non-hydrogen) atoms. The van der Waals surface area contributed by atoms with E-state index in [1.165, 1.54) is 0 Å². The monoisotopic (exact) mass is 458 g/mol. The average molecular weight is 459 g/mol. The summed E-state index contributed by atoms with van der Waals surface area (Å²) in [4.78, 5) is 32.9. The van der Waals surface area contributed by atoms with Gasteiger partial charge in [-0.15, -0.1) is 0 Å². The van der Waals surface area contributed by atoms with Crippen LogP contribution in [0.2, 0.25) is 0 Å². The van der Waals surface area contributed by atoms with Crippen LogP contribution in [-0.2, 0) is 16.0 Å². The predicted molar refractivity (Wildman–Crippen MR) is 134 cm³/mol. The Balaban J connectivity index is 1.68. The van der Waals surface area contributed by atoms with Crippen molar-refractivity contribution in [2.75, 3.05) is 13.7 Å². The van der Waals surface area contributed by atoms with Gasteiger partial charge < -0.3 is 20.8 Å². The van der Waals surface area contributed by atoms with Gasteiger partial charge in [0.1, 0.15) is 0 Å². The number of nitrogens with zero attached hydrogens (tertiary/aromatic N) is 1. The van der Waals surface area contributed by atoms with Crippen LogP contribution >= 0.6 is 0 Å². The van der Waals surface area contributed by atoms with Crippen LogP contribution in [0.15, 0.2) is 84.6 Å². The lowest BCUT2D eigenvalue weighted by Gasteiger charge is -2.15. The molecule has 0 aliphatic heterocycles. The lowest BCUT2D eigenvalue weighted by Crippen LogP contribution is -2.37. The summed E-state index contributed by atoms with van der Waals surface area (Å²) in [6.45, 7) is 5.92. The Hall–Kier alpha value is -3.97. The third-order valence-electron chi connectivity index (χ3n) is 5.29. The Morgan fingerprint density at radius 3 is 2.62 bits per heavy atom. The highest BCUT2D eigenvalue weighted by Crippen LogP contribution is 2.16. The van der Waals surface area contributed by atoms with Gasteiger partial charge in [0, 0.05) is 24.4 Å². The Morgan fingerprint density at radius 2 is 1.94 bits per heavy atom. The summed E-state index contributed by atoms with van der Waals surface area (Å²) < 4.78 is 5.08. The summed E-state index contributed by atoms with van der Waals surface area (Å²) in [6, 6.07) is 14.7. The number of benzene rings is 2. The summed E-state index contributed by atoms with van der Waals surface area (Å²) in [5, 5.41) is 2.88. The van der Waals surface area contributed by atoms with E-state index in [0.717, 1.165) is 16.6 Å². The van der Waals surface area contributed by atoms with E-state index in [2.05, 4.69) is 21.9 Å². The van der Waals surface area contributed by atoms with Gasteiger partial charge in [-0.1, -0.05) is 55.1 Å². The molecule has 1 amide bonds. The van der Waals surface area contributed by atoms with Crippen LogP contribution in [0.4, 0.5) is 0 Å². The maximum Gasteiger partial charge on any atom is 0.253 e. The summed E-state index contributed by atoms with van der Waals surface area (Å²) in [7, 11) is 1.58. The first-order valence-electron chi connectivity index (χ1n) is 11.1. The molecule has 0 fully saturated rings. The number of ketones is 1. The molecule has 1 atom stereocenters. The highest BCUT2D eigenvalue weighted by Gasteiger charge is 2.15. The maximum absolute atomic E-state index is 12.8. The fraction of sp³-hybridized carbons (Fsp3) is 0.222. The maximum atomic E-state index is 12.8. The van der Waals surface area contributed by atoms with Gasteiger partial charge in [-0.05, 0) is 43.5 Å². The van der Waals surface area contributed by atoms with Crippen molar-refractivity contribution in [3.8, 4) is 0 Å². The van der Waals surface area contributed by atoms with Gasteiger partial charge in [0.25, 0.3) is 5.91 Å². The first kappa shape index (κ1) is 24.7. The Kier molecular flexibility index (Phi) is 8.54. The van der Waals surface area contributed by atoms with E-state index in [-0.39, 0.29) is 17.7 Å². The fourth-order valence-corrected chi connectivity index (χ4v) is 3.52. The van der Waals surface area contributed by atoms with Crippen LogP contribution < -0.4 is 11.1 Å². The summed E-state index contributed by atoms with van der Waals surface area (Å²) >= 11 is 0. The van der Waals surface area contributed by atoms with Crippen molar-refractivity contribution >= 4 is 22.7 Å². The zero-order valence-electron chi connectivity index (χ0n) is 19.5. The molecule has 3 aromatic rings. The fourth-order valence-electron chi connectivity index (χ4n) is 3.52. The Bertz CT molecular complexity index is 1190. The number of nitrogens with one attached hydrogen (secondary N) is 2. The molecule has 4 N–H and O–H groups in total. The number of hydrogen-bond donors (Lipinski definition) is 3. The average Bonchev–Trinajstić information content (AvgIpc) is 3.27. The highest BCUT2D eigenvalue weighted by molar-refractivity contribution is 6.08. The van der Waals surface area contributed by atoms with Gasteiger partial charge in [0.15, 0.2) is 5.82 Å². The number of methoxy groups -OCH3 is 1. The van der Waals surface area contributed by atoms with Gasteiger partial charge in [-0.3, -0.25) is 9.59 Å². The molecule has 1 aromatic heterocycles. The predicted octanol–water partition coefficient (Wildman–Crippen LogP) is 3.83. The second-order valence-corrected chi connectivity index (χ2v) is 7.99. The summed E-state index contributed by atoms with van der Waals surface area (Å²) in [6.07, 6.45) is 6.04. The smallest absolute Gasteiger partial charge is 0.253 e. The lowest BCUT2D eigenvalue weighted by molar-refractivity contribution is -0.118. The Morgan fingerprint density at radius 1 is 1.21 bits per heavy atom. The first-order chi connectivity index (χ1) is 16.4. The molecule has 7 heteroatoms. The van der Waals surface area contributed by atoms with Crippen LogP contribution in [0.3, 0.4) is 0 Å². The number of nitrogens with two attached hydrogens (primary N) is 1. The number of ether oxygens (including phenoxy) is 1. The number of para-hydroxylation sites is 2. The van der Waals surface area contributed by atoms with Gasteiger partial charge in [0.05, 0.1) is 23.2 Å². The van der Waals surface area contributed by atoms with E-state index in [9.17, 15) is 9.59 Å². The number of aromatic amines is 1. The van der Waals surface area contributed by atoms with Gasteiger partial charge in [-0.25, -0.2) is 4.98 Å². The summed E-state index contributed by atoms with van der Waals surface area (Å²) in [5.41, 5.74) is 10.3. The van der Waals surface area contributed by atoms with Crippen molar-refractivity contribution in [1.82, 2.24) is 15.3 Å².